The minimum atomic E-state index is -0.678. The van der Waals surface area contributed by atoms with Gasteiger partial charge in [-0.15, -0.1) is 11.6 Å². The van der Waals surface area contributed by atoms with Gasteiger partial charge in [0, 0.05) is 10.9 Å². The van der Waals surface area contributed by atoms with Gasteiger partial charge in [0.25, 0.3) is 5.91 Å². The van der Waals surface area contributed by atoms with Crippen LogP contribution in [0.25, 0.3) is 0 Å². The molecule has 0 aliphatic rings. The highest BCUT2D eigenvalue weighted by Gasteiger charge is 2.28. The zero-order valence-corrected chi connectivity index (χ0v) is 13.6. The van der Waals surface area contributed by atoms with Gasteiger partial charge >= 0.3 is 0 Å². The SMILES string of the molecule is CC(CCl)(NC(=O)c1ccc(Cl)cc1Cl)c1ccccc1. The fourth-order valence-corrected chi connectivity index (χ4v) is 2.70. The van der Waals surface area contributed by atoms with Crippen molar-refractivity contribution in [2.24, 2.45) is 0 Å². The molecule has 0 aliphatic carbocycles. The number of alkyl halides is 1. The molecular weight excluding hydrogens is 329 g/mol. The van der Waals surface area contributed by atoms with Gasteiger partial charge in [-0.05, 0) is 30.7 Å². The molecule has 2 aromatic carbocycles. The quantitative estimate of drug-likeness (QED) is 0.788. The molecule has 0 saturated heterocycles. The van der Waals surface area contributed by atoms with Gasteiger partial charge in [0.1, 0.15) is 0 Å². The van der Waals surface area contributed by atoms with Crippen LogP contribution in [-0.4, -0.2) is 11.8 Å². The van der Waals surface area contributed by atoms with Crippen LogP contribution >= 0.6 is 34.8 Å². The fraction of sp³-hybridized carbons (Fsp3) is 0.188. The van der Waals surface area contributed by atoms with Crippen molar-refractivity contribution >= 4 is 40.7 Å². The van der Waals surface area contributed by atoms with Gasteiger partial charge in [-0.1, -0.05) is 53.5 Å². The van der Waals surface area contributed by atoms with Crippen molar-refractivity contribution < 1.29 is 4.79 Å². The summed E-state index contributed by atoms with van der Waals surface area (Å²) in [7, 11) is 0. The summed E-state index contributed by atoms with van der Waals surface area (Å²) < 4.78 is 0. The molecule has 0 heterocycles. The van der Waals surface area contributed by atoms with E-state index in [9.17, 15) is 4.79 Å². The molecule has 0 saturated carbocycles. The number of rotatable bonds is 4. The number of amides is 1. The second-order valence-corrected chi connectivity index (χ2v) is 6.02. The average molecular weight is 343 g/mol. The van der Waals surface area contributed by atoms with Crippen molar-refractivity contribution in [2.45, 2.75) is 12.5 Å². The van der Waals surface area contributed by atoms with E-state index in [-0.39, 0.29) is 11.8 Å². The van der Waals surface area contributed by atoms with Crippen molar-refractivity contribution in [1.82, 2.24) is 5.32 Å². The van der Waals surface area contributed by atoms with Crippen LogP contribution in [0, 0.1) is 0 Å². The molecule has 2 nitrogen and oxygen atoms in total. The first kappa shape index (κ1) is 16.2. The lowest BCUT2D eigenvalue weighted by molar-refractivity contribution is 0.0913. The standard InChI is InChI=1S/C16H14Cl3NO/c1-16(10-17,11-5-3-2-4-6-11)20-15(21)13-8-7-12(18)9-14(13)19/h2-9H,10H2,1H3,(H,20,21). The van der Waals surface area contributed by atoms with Crippen molar-refractivity contribution in [2.75, 3.05) is 5.88 Å². The predicted molar refractivity (Wildman–Crippen MR) is 88.4 cm³/mol. The van der Waals surface area contributed by atoms with Crippen molar-refractivity contribution in [1.29, 1.82) is 0 Å². The van der Waals surface area contributed by atoms with Crippen LogP contribution in [0.5, 0.6) is 0 Å². The van der Waals surface area contributed by atoms with Crippen molar-refractivity contribution in [3.05, 3.63) is 69.7 Å². The van der Waals surface area contributed by atoms with Crippen LogP contribution in [0.4, 0.5) is 0 Å². The Kier molecular flexibility index (Phi) is 5.15. The van der Waals surface area contributed by atoms with Crippen LogP contribution in [-0.2, 0) is 5.54 Å². The molecule has 0 fully saturated rings. The number of nitrogens with one attached hydrogen (secondary N) is 1. The first-order valence-corrected chi connectivity index (χ1v) is 7.64. The third kappa shape index (κ3) is 3.70. The largest absolute Gasteiger partial charge is 0.342 e. The Bertz CT molecular complexity index is 645. The monoisotopic (exact) mass is 341 g/mol. The topological polar surface area (TPSA) is 29.1 Å². The number of halogens is 3. The Morgan fingerprint density at radius 3 is 2.38 bits per heavy atom. The molecule has 0 aromatic heterocycles. The molecule has 5 heteroatoms. The van der Waals surface area contributed by atoms with Crippen LogP contribution in [0.2, 0.25) is 10.0 Å². The van der Waals surface area contributed by atoms with E-state index in [2.05, 4.69) is 5.32 Å². The number of carbonyl (C=O) groups is 1. The summed E-state index contributed by atoms with van der Waals surface area (Å²) in [6.45, 7) is 1.87. The lowest BCUT2D eigenvalue weighted by Gasteiger charge is -2.29. The maximum atomic E-state index is 12.4. The maximum absolute atomic E-state index is 12.4. The van der Waals surface area contributed by atoms with Crippen LogP contribution in [0.3, 0.4) is 0 Å². The predicted octanol–water partition coefficient (Wildman–Crippen LogP) is 4.88. The van der Waals surface area contributed by atoms with Crippen molar-refractivity contribution in [3.63, 3.8) is 0 Å². The van der Waals surface area contributed by atoms with E-state index in [1.165, 1.54) is 0 Å². The van der Waals surface area contributed by atoms with Gasteiger partial charge in [0.2, 0.25) is 0 Å². The molecule has 1 amide bonds. The highest BCUT2D eigenvalue weighted by Crippen LogP contribution is 2.25. The third-order valence-corrected chi connectivity index (χ3v) is 4.33. The summed E-state index contributed by atoms with van der Waals surface area (Å²) in [6, 6.07) is 14.3. The second kappa shape index (κ2) is 6.69. The van der Waals surface area contributed by atoms with Crippen LogP contribution < -0.4 is 5.32 Å². The minimum absolute atomic E-state index is 0.244. The lowest BCUT2D eigenvalue weighted by Crippen LogP contribution is -2.45. The second-order valence-electron chi connectivity index (χ2n) is 4.91. The summed E-state index contributed by atoms with van der Waals surface area (Å²) in [5, 5.41) is 3.73. The molecule has 1 N–H and O–H groups in total. The molecule has 0 aliphatic heterocycles. The Hall–Kier alpha value is -1.22. The zero-order valence-electron chi connectivity index (χ0n) is 11.4. The van der Waals surface area contributed by atoms with E-state index in [1.807, 2.05) is 37.3 Å². The van der Waals surface area contributed by atoms with Gasteiger partial charge in [-0.3, -0.25) is 4.79 Å². The van der Waals surface area contributed by atoms with Crippen molar-refractivity contribution in [3.8, 4) is 0 Å². The molecule has 1 unspecified atom stereocenters. The fourth-order valence-electron chi connectivity index (χ4n) is 1.98. The van der Waals surface area contributed by atoms with E-state index < -0.39 is 5.54 Å². The molecule has 0 bridgehead atoms. The highest BCUT2D eigenvalue weighted by molar-refractivity contribution is 6.36. The van der Waals surface area contributed by atoms with E-state index in [0.717, 1.165) is 5.56 Å². The van der Waals surface area contributed by atoms with Gasteiger partial charge < -0.3 is 5.32 Å². The normalized spacial score (nSPS) is 13.5. The average Bonchev–Trinajstić information content (AvgIpc) is 2.47. The highest BCUT2D eigenvalue weighted by atomic mass is 35.5. The first-order chi connectivity index (χ1) is 9.96. The number of benzene rings is 2. The summed E-state index contributed by atoms with van der Waals surface area (Å²) in [5.74, 6) is -0.0443. The molecule has 2 aromatic rings. The Morgan fingerprint density at radius 1 is 1.14 bits per heavy atom. The van der Waals surface area contributed by atoms with Crippen LogP contribution in [0.1, 0.15) is 22.8 Å². The summed E-state index contributed by atoms with van der Waals surface area (Å²) >= 11 is 18.0. The van der Waals surface area contributed by atoms with Gasteiger partial charge in [0.05, 0.1) is 16.1 Å². The lowest BCUT2D eigenvalue weighted by atomic mass is 9.93. The molecular formula is C16H14Cl3NO. The van der Waals surface area contributed by atoms with Crippen LogP contribution in [0.15, 0.2) is 48.5 Å². The smallest absolute Gasteiger partial charge is 0.253 e. The Morgan fingerprint density at radius 2 is 1.81 bits per heavy atom. The molecule has 21 heavy (non-hydrogen) atoms. The number of hydrogen-bond donors (Lipinski definition) is 1. The van der Waals surface area contributed by atoms with Gasteiger partial charge in [-0.2, -0.15) is 0 Å². The number of hydrogen-bond acceptors (Lipinski definition) is 1. The Balaban J connectivity index is 2.28. The van der Waals surface area contributed by atoms with E-state index in [0.29, 0.717) is 15.6 Å². The third-order valence-electron chi connectivity index (χ3n) is 3.24. The Labute approximate surface area is 139 Å². The maximum Gasteiger partial charge on any atom is 0.253 e. The molecule has 110 valence electrons. The molecule has 0 spiro atoms. The first-order valence-electron chi connectivity index (χ1n) is 6.35. The van der Waals surface area contributed by atoms with E-state index in [4.69, 9.17) is 34.8 Å². The molecule has 1 atom stereocenters. The van der Waals surface area contributed by atoms with E-state index in [1.54, 1.807) is 18.2 Å². The summed E-state index contributed by atoms with van der Waals surface area (Å²) in [6.07, 6.45) is 0. The zero-order chi connectivity index (χ0) is 15.5. The van der Waals surface area contributed by atoms with Gasteiger partial charge in [-0.25, -0.2) is 0 Å². The summed E-state index contributed by atoms with van der Waals surface area (Å²) in [5.41, 5.74) is 0.620. The minimum Gasteiger partial charge on any atom is -0.342 e. The number of carbonyl (C=O) groups excluding carboxylic acids is 1. The molecule has 2 rings (SSSR count). The van der Waals surface area contributed by atoms with E-state index >= 15 is 0 Å². The van der Waals surface area contributed by atoms with Gasteiger partial charge in [0.15, 0.2) is 0 Å². The molecule has 0 radical (unpaired) electrons. The summed E-state index contributed by atoms with van der Waals surface area (Å²) in [4.78, 5) is 12.4.